The maximum atomic E-state index is 10.4. The van der Waals surface area contributed by atoms with Gasteiger partial charge in [-0.2, -0.15) is 0 Å². The van der Waals surface area contributed by atoms with Crippen molar-refractivity contribution in [2.75, 3.05) is 0 Å². The molecule has 1 aromatic rings. The van der Waals surface area contributed by atoms with Crippen LogP contribution in [0.1, 0.15) is 11.8 Å². The van der Waals surface area contributed by atoms with Crippen molar-refractivity contribution in [2.24, 2.45) is 0 Å². The van der Waals surface area contributed by atoms with Crippen LogP contribution in [-0.2, 0) is 11.3 Å². The number of carboxylic acids is 1. The van der Waals surface area contributed by atoms with Crippen LogP contribution in [0.3, 0.4) is 0 Å². The van der Waals surface area contributed by atoms with E-state index in [1.165, 1.54) is 0 Å². The first kappa shape index (κ1) is 9.22. The molecule has 1 atom stereocenters. The Labute approximate surface area is 75.0 Å². The topological polar surface area (TPSA) is 49.3 Å². The van der Waals surface area contributed by atoms with Crippen LogP contribution >= 0.6 is 11.3 Å². The Balaban J connectivity index is 2.31. The highest BCUT2D eigenvalue weighted by Crippen LogP contribution is 2.07. The number of hydrogen-bond donors (Lipinski definition) is 2. The zero-order valence-electron chi connectivity index (χ0n) is 6.78. The summed E-state index contributed by atoms with van der Waals surface area (Å²) in [7, 11) is 0. The molecule has 1 aromatic heterocycles. The molecule has 0 aromatic carbocycles. The normalized spacial score (nSPS) is 12.8. The first-order chi connectivity index (χ1) is 5.70. The lowest BCUT2D eigenvalue weighted by Crippen LogP contribution is -2.32. The van der Waals surface area contributed by atoms with E-state index in [1.54, 1.807) is 18.3 Å². The summed E-state index contributed by atoms with van der Waals surface area (Å²) in [5.41, 5.74) is 0. The standard InChI is InChI=1S/C8H11NO2S/c1-6(8(10)11)9-5-7-3-2-4-12-7/h2-4,6,9H,5H2,1H3,(H,10,11)/t6-/m1/s1. The molecule has 12 heavy (non-hydrogen) atoms. The Morgan fingerprint density at radius 1 is 1.83 bits per heavy atom. The molecule has 0 radical (unpaired) electrons. The van der Waals surface area contributed by atoms with Crippen molar-refractivity contribution < 1.29 is 9.90 Å². The lowest BCUT2D eigenvalue weighted by atomic mass is 10.3. The summed E-state index contributed by atoms with van der Waals surface area (Å²) in [4.78, 5) is 11.6. The summed E-state index contributed by atoms with van der Waals surface area (Å²) in [5.74, 6) is -0.813. The summed E-state index contributed by atoms with van der Waals surface area (Å²) >= 11 is 1.62. The Kier molecular flexibility index (Phi) is 3.25. The molecule has 0 spiro atoms. The molecule has 0 saturated carbocycles. The Morgan fingerprint density at radius 3 is 3.08 bits per heavy atom. The fraction of sp³-hybridized carbons (Fsp3) is 0.375. The van der Waals surface area contributed by atoms with Crippen molar-refractivity contribution >= 4 is 17.3 Å². The van der Waals surface area contributed by atoms with Gasteiger partial charge in [-0.3, -0.25) is 10.1 Å². The van der Waals surface area contributed by atoms with E-state index in [-0.39, 0.29) is 0 Å². The molecular formula is C8H11NO2S. The third kappa shape index (κ3) is 2.64. The van der Waals surface area contributed by atoms with E-state index < -0.39 is 12.0 Å². The van der Waals surface area contributed by atoms with Gasteiger partial charge in [0.25, 0.3) is 0 Å². The van der Waals surface area contributed by atoms with Gasteiger partial charge >= 0.3 is 5.97 Å². The highest BCUT2D eigenvalue weighted by Gasteiger charge is 2.08. The molecule has 2 N–H and O–H groups in total. The van der Waals surface area contributed by atoms with Crippen molar-refractivity contribution in [3.8, 4) is 0 Å². The third-order valence-electron chi connectivity index (χ3n) is 1.53. The molecule has 0 amide bonds. The summed E-state index contributed by atoms with van der Waals surface area (Å²) in [5, 5.41) is 13.4. The highest BCUT2D eigenvalue weighted by molar-refractivity contribution is 7.09. The predicted octanol–water partition coefficient (Wildman–Crippen LogP) is 1.31. The predicted molar refractivity (Wildman–Crippen MR) is 48.3 cm³/mol. The van der Waals surface area contributed by atoms with Crippen LogP contribution < -0.4 is 5.32 Å². The molecule has 4 heteroatoms. The summed E-state index contributed by atoms with van der Waals surface area (Å²) in [6.45, 7) is 2.26. The second-order valence-corrected chi connectivity index (χ2v) is 3.55. The molecule has 1 rings (SSSR count). The van der Waals surface area contributed by atoms with Gasteiger partial charge in [-0.1, -0.05) is 6.07 Å². The maximum absolute atomic E-state index is 10.4. The molecule has 1 heterocycles. The second kappa shape index (κ2) is 4.23. The van der Waals surface area contributed by atoms with Crippen molar-refractivity contribution in [3.05, 3.63) is 22.4 Å². The molecule has 0 aliphatic rings. The second-order valence-electron chi connectivity index (χ2n) is 2.52. The fourth-order valence-corrected chi connectivity index (χ4v) is 1.41. The van der Waals surface area contributed by atoms with Gasteiger partial charge in [-0.15, -0.1) is 11.3 Å². The minimum atomic E-state index is -0.813. The quantitative estimate of drug-likeness (QED) is 0.743. The molecule has 0 unspecified atom stereocenters. The SMILES string of the molecule is C[C@@H](NCc1cccs1)C(=O)O. The van der Waals surface area contributed by atoms with Crippen LogP contribution in [0, 0.1) is 0 Å². The number of nitrogens with one attached hydrogen (secondary N) is 1. The van der Waals surface area contributed by atoms with Gasteiger partial charge < -0.3 is 5.11 Å². The van der Waals surface area contributed by atoms with Gasteiger partial charge in [0.15, 0.2) is 0 Å². The van der Waals surface area contributed by atoms with Crippen LogP contribution in [0.5, 0.6) is 0 Å². The summed E-state index contributed by atoms with van der Waals surface area (Å²) in [6.07, 6.45) is 0. The van der Waals surface area contributed by atoms with Gasteiger partial charge in [0.1, 0.15) is 6.04 Å². The smallest absolute Gasteiger partial charge is 0.320 e. The summed E-state index contributed by atoms with van der Waals surface area (Å²) < 4.78 is 0. The minimum Gasteiger partial charge on any atom is -0.480 e. The molecular weight excluding hydrogens is 174 g/mol. The summed E-state index contributed by atoms with van der Waals surface area (Å²) in [6, 6.07) is 3.45. The Morgan fingerprint density at radius 2 is 2.58 bits per heavy atom. The molecule has 66 valence electrons. The first-order valence-corrected chi connectivity index (χ1v) is 4.56. The molecule has 0 aliphatic heterocycles. The Hall–Kier alpha value is -0.870. The van der Waals surface area contributed by atoms with Gasteiger partial charge in [-0.05, 0) is 18.4 Å². The van der Waals surface area contributed by atoms with E-state index in [4.69, 9.17) is 5.11 Å². The Bertz CT molecular complexity index is 246. The first-order valence-electron chi connectivity index (χ1n) is 3.68. The molecule has 0 bridgehead atoms. The van der Waals surface area contributed by atoms with Crippen molar-refractivity contribution in [2.45, 2.75) is 19.5 Å². The van der Waals surface area contributed by atoms with Crippen LogP contribution in [0.2, 0.25) is 0 Å². The van der Waals surface area contributed by atoms with Gasteiger partial charge in [-0.25, -0.2) is 0 Å². The van der Waals surface area contributed by atoms with Crippen LogP contribution in [0.25, 0.3) is 0 Å². The monoisotopic (exact) mass is 185 g/mol. The zero-order chi connectivity index (χ0) is 8.97. The number of carboxylic acid groups (broad SMARTS) is 1. The van der Waals surface area contributed by atoms with Crippen molar-refractivity contribution in [1.82, 2.24) is 5.32 Å². The van der Waals surface area contributed by atoms with E-state index in [9.17, 15) is 4.79 Å². The highest BCUT2D eigenvalue weighted by atomic mass is 32.1. The lowest BCUT2D eigenvalue weighted by Gasteiger charge is -2.06. The maximum Gasteiger partial charge on any atom is 0.320 e. The van der Waals surface area contributed by atoms with Crippen LogP contribution in [0.4, 0.5) is 0 Å². The lowest BCUT2D eigenvalue weighted by molar-refractivity contribution is -0.139. The minimum absolute atomic E-state index is 0.480. The third-order valence-corrected chi connectivity index (χ3v) is 2.41. The van der Waals surface area contributed by atoms with E-state index in [2.05, 4.69) is 5.32 Å². The zero-order valence-corrected chi connectivity index (χ0v) is 7.60. The average Bonchev–Trinajstić information content (AvgIpc) is 2.51. The largest absolute Gasteiger partial charge is 0.480 e. The number of rotatable bonds is 4. The average molecular weight is 185 g/mol. The number of carbonyl (C=O) groups is 1. The van der Waals surface area contributed by atoms with Crippen molar-refractivity contribution in [3.63, 3.8) is 0 Å². The number of thiophene rings is 1. The number of aliphatic carboxylic acids is 1. The molecule has 0 aliphatic carbocycles. The van der Waals surface area contributed by atoms with E-state index in [1.807, 2.05) is 17.5 Å². The molecule has 0 fully saturated rings. The van der Waals surface area contributed by atoms with E-state index in [0.717, 1.165) is 4.88 Å². The van der Waals surface area contributed by atoms with E-state index >= 15 is 0 Å². The van der Waals surface area contributed by atoms with Gasteiger partial charge in [0.05, 0.1) is 0 Å². The van der Waals surface area contributed by atoms with Crippen LogP contribution in [0.15, 0.2) is 17.5 Å². The number of hydrogen-bond acceptors (Lipinski definition) is 3. The molecule has 0 saturated heterocycles. The molecule has 3 nitrogen and oxygen atoms in total. The van der Waals surface area contributed by atoms with Gasteiger partial charge in [0.2, 0.25) is 0 Å². The van der Waals surface area contributed by atoms with Gasteiger partial charge in [0, 0.05) is 11.4 Å². The van der Waals surface area contributed by atoms with E-state index in [0.29, 0.717) is 6.54 Å². The van der Waals surface area contributed by atoms with Crippen LogP contribution in [-0.4, -0.2) is 17.1 Å². The van der Waals surface area contributed by atoms with Crippen molar-refractivity contribution in [1.29, 1.82) is 0 Å². The fourth-order valence-electron chi connectivity index (χ4n) is 0.754.